The van der Waals surface area contributed by atoms with Gasteiger partial charge in [0.25, 0.3) is 0 Å². The number of fused-ring (bicyclic) bond motifs is 1. The van der Waals surface area contributed by atoms with Gasteiger partial charge in [-0.05, 0) is 36.4 Å². The number of nitrogens with zero attached hydrogens (tertiary/aromatic N) is 1. The van der Waals surface area contributed by atoms with Crippen LogP contribution in [0.4, 0.5) is 11.4 Å². The molecule has 3 aromatic rings. The Balaban J connectivity index is 2.10. The first kappa shape index (κ1) is 13.2. The Morgan fingerprint density at radius 3 is 2.75 bits per heavy atom. The molecule has 5 heteroatoms. The van der Waals surface area contributed by atoms with Crippen LogP contribution in [-0.4, -0.2) is 10.1 Å². The molecule has 100 valence electrons. The minimum Gasteiger partial charge on any atom is -0.508 e. The van der Waals surface area contributed by atoms with Crippen LogP contribution in [0.2, 0.25) is 5.02 Å². The zero-order valence-electron chi connectivity index (χ0n) is 10.3. The van der Waals surface area contributed by atoms with Crippen LogP contribution in [0.5, 0.6) is 5.75 Å². The van der Waals surface area contributed by atoms with Crippen molar-refractivity contribution in [1.82, 2.24) is 4.98 Å². The van der Waals surface area contributed by atoms with E-state index in [4.69, 9.17) is 11.6 Å². The van der Waals surface area contributed by atoms with Gasteiger partial charge in [0.1, 0.15) is 5.75 Å². The molecular weight excluding hydrogens is 340 g/mol. The van der Waals surface area contributed by atoms with E-state index in [0.717, 1.165) is 21.1 Å². The number of phenolic OH excluding ortho intramolecular Hbond substituents is 1. The third-order valence-electron chi connectivity index (χ3n) is 2.92. The van der Waals surface area contributed by atoms with E-state index in [1.165, 1.54) is 0 Å². The lowest BCUT2D eigenvalue weighted by molar-refractivity contribution is 0.475. The van der Waals surface area contributed by atoms with Gasteiger partial charge in [0.05, 0.1) is 16.2 Å². The number of aromatic hydroxyl groups is 1. The second-order valence-corrected chi connectivity index (χ2v) is 5.63. The van der Waals surface area contributed by atoms with Crippen LogP contribution in [-0.2, 0) is 0 Å². The minimum atomic E-state index is 0.163. The quantitative estimate of drug-likeness (QED) is 0.676. The summed E-state index contributed by atoms with van der Waals surface area (Å²) in [7, 11) is 0. The van der Waals surface area contributed by atoms with Gasteiger partial charge in [0.15, 0.2) is 0 Å². The molecule has 0 saturated carbocycles. The molecule has 0 atom stereocenters. The molecule has 0 fully saturated rings. The van der Waals surface area contributed by atoms with E-state index in [2.05, 4.69) is 26.2 Å². The van der Waals surface area contributed by atoms with E-state index >= 15 is 0 Å². The molecule has 20 heavy (non-hydrogen) atoms. The zero-order chi connectivity index (χ0) is 14.1. The summed E-state index contributed by atoms with van der Waals surface area (Å²) < 4.78 is 0.975. The van der Waals surface area contributed by atoms with Crippen molar-refractivity contribution in [3.63, 3.8) is 0 Å². The van der Waals surface area contributed by atoms with E-state index < -0.39 is 0 Å². The van der Waals surface area contributed by atoms with Crippen LogP contribution in [0.1, 0.15) is 0 Å². The largest absolute Gasteiger partial charge is 0.508 e. The van der Waals surface area contributed by atoms with Crippen molar-refractivity contribution in [3.05, 3.63) is 58.2 Å². The van der Waals surface area contributed by atoms with Crippen molar-refractivity contribution in [2.75, 3.05) is 5.32 Å². The first-order valence-electron chi connectivity index (χ1n) is 5.93. The highest BCUT2D eigenvalue weighted by atomic mass is 79.9. The molecule has 1 aromatic heterocycles. The normalized spacial score (nSPS) is 10.7. The highest BCUT2D eigenvalue weighted by molar-refractivity contribution is 9.10. The van der Waals surface area contributed by atoms with Crippen LogP contribution in [0.3, 0.4) is 0 Å². The Morgan fingerprint density at radius 1 is 1.05 bits per heavy atom. The fourth-order valence-corrected chi connectivity index (χ4v) is 2.51. The van der Waals surface area contributed by atoms with Gasteiger partial charge in [-0.3, -0.25) is 4.98 Å². The van der Waals surface area contributed by atoms with Gasteiger partial charge in [-0.15, -0.1) is 0 Å². The third-order valence-corrected chi connectivity index (χ3v) is 3.75. The number of halogens is 2. The number of hydrogen-bond donors (Lipinski definition) is 2. The van der Waals surface area contributed by atoms with Crippen molar-refractivity contribution in [3.8, 4) is 5.75 Å². The van der Waals surface area contributed by atoms with Crippen LogP contribution in [0.15, 0.2) is 53.1 Å². The second kappa shape index (κ2) is 5.31. The summed E-state index contributed by atoms with van der Waals surface area (Å²) >= 11 is 9.59. The summed E-state index contributed by atoms with van der Waals surface area (Å²) in [4.78, 5) is 4.32. The molecule has 0 saturated heterocycles. The van der Waals surface area contributed by atoms with Crippen LogP contribution < -0.4 is 5.32 Å². The Hall–Kier alpha value is -1.78. The predicted octanol–water partition coefficient (Wildman–Crippen LogP) is 5.10. The van der Waals surface area contributed by atoms with Crippen molar-refractivity contribution in [2.45, 2.75) is 0 Å². The molecule has 2 N–H and O–H groups in total. The van der Waals surface area contributed by atoms with Gasteiger partial charge >= 0.3 is 0 Å². The van der Waals surface area contributed by atoms with Gasteiger partial charge in [-0.1, -0.05) is 27.5 Å². The van der Waals surface area contributed by atoms with Gasteiger partial charge in [-0.2, -0.15) is 0 Å². The van der Waals surface area contributed by atoms with Gasteiger partial charge in [-0.25, -0.2) is 0 Å². The molecular formula is C15H10BrClN2O. The van der Waals surface area contributed by atoms with Crippen LogP contribution in [0.25, 0.3) is 10.9 Å². The fourth-order valence-electron chi connectivity index (χ4n) is 1.98. The number of hydrogen-bond acceptors (Lipinski definition) is 3. The number of rotatable bonds is 2. The van der Waals surface area contributed by atoms with Crippen molar-refractivity contribution in [1.29, 1.82) is 0 Å². The van der Waals surface area contributed by atoms with E-state index in [0.29, 0.717) is 10.7 Å². The first-order valence-corrected chi connectivity index (χ1v) is 7.10. The second-order valence-electron chi connectivity index (χ2n) is 4.31. The molecule has 0 unspecified atom stereocenters. The topological polar surface area (TPSA) is 45.1 Å². The van der Waals surface area contributed by atoms with Gasteiger partial charge in [0, 0.05) is 27.8 Å². The van der Waals surface area contributed by atoms with Gasteiger partial charge in [0.2, 0.25) is 0 Å². The van der Waals surface area contributed by atoms with Crippen molar-refractivity contribution < 1.29 is 5.11 Å². The molecule has 0 aliphatic carbocycles. The Labute approximate surface area is 129 Å². The molecule has 0 aliphatic heterocycles. The lowest BCUT2D eigenvalue weighted by Crippen LogP contribution is -1.93. The number of anilines is 2. The maximum Gasteiger partial charge on any atom is 0.117 e. The summed E-state index contributed by atoms with van der Waals surface area (Å²) in [5, 5.41) is 14.3. The Kier molecular flexibility index (Phi) is 3.51. The predicted molar refractivity (Wildman–Crippen MR) is 85.8 cm³/mol. The molecule has 0 bridgehead atoms. The molecule has 3 rings (SSSR count). The number of benzene rings is 2. The highest BCUT2D eigenvalue weighted by Gasteiger charge is 2.06. The van der Waals surface area contributed by atoms with E-state index in [-0.39, 0.29) is 5.75 Å². The molecule has 3 nitrogen and oxygen atoms in total. The Morgan fingerprint density at radius 2 is 1.90 bits per heavy atom. The zero-order valence-corrected chi connectivity index (χ0v) is 12.6. The fraction of sp³-hybridized carbons (Fsp3) is 0. The van der Waals surface area contributed by atoms with Crippen molar-refractivity contribution in [2.24, 2.45) is 0 Å². The summed E-state index contributed by atoms with van der Waals surface area (Å²) in [5.74, 6) is 0.163. The highest BCUT2D eigenvalue weighted by Crippen LogP contribution is 2.32. The molecule has 0 amide bonds. The average Bonchev–Trinajstić information content (AvgIpc) is 2.43. The Bertz CT molecular complexity index is 792. The lowest BCUT2D eigenvalue weighted by atomic mass is 10.2. The van der Waals surface area contributed by atoms with Gasteiger partial charge < -0.3 is 10.4 Å². The number of nitrogens with one attached hydrogen (secondary N) is 1. The number of aromatic nitrogens is 1. The molecule has 0 aliphatic rings. The maximum absolute atomic E-state index is 9.55. The smallest absolute Gasteiger partial charge is 0.117 e. The van der Waals surface area contributed by atoms with Crippen LogP contribution >= 0.6 is 27.5 Å². The minimum absolute atomic E-state index is 0.163. The maximum atomic E-state index is 9.55. The standard InChI is InChI=1S/C15H10BrClN2O/c16-9-1-4-13-11(7-9)14(5-6-18-13)19-15-8-10(20)2-3-12(15)17/h1-8,20H,(H,18,19). The van der Waals surface area contributed by atoms with Crippen molar-refractivity contribution >= 4 is 49.8 Å². The average molecular weight is 350 g/mol. The van der Waals surface area contributed by atoms with Crippen LogP contribution in [0, 0.1) is 0 Å². The summed E-state index contributed by atoms with van der Waals surface area (Å²) in [5.41, 5.74) is 2.41. The van der Waals surface area contributed by atoms with E-state index in [9.17, 15) is 5.11 Å². The summed E-state index contributed by atoms with van der Waals surface area (Å²) in [6, 6.07) is 12.5. The first-order chi connectivity index (χ1) is 9.63. The summed E-state index contributed by atoms with van der Waals surface area (Å²) in [6.45, 7) is 0. The lowest BCUT2D eigenvalue weighted by Gasteiger charge is -2.11. The number of pyridine rings is 1. The van der Waals surface area contributed by atoms with E-state index in [1.807, 2.05) is 24.3 Å². The SMILES string of the molecule is Oc1ccc(Cl)c(Nc2ccnc3ccc(Br)cc23)c1. The molecule has 1 heterocycles. The third kappa shape index (κ3) is 2.57. The van der Waals surface area contributed by atoms with E-state index in [1.54, 1.807) is 24.4 Å². The number of phenols is 1. The molecule has 0 spiro atoms. The monoisotopic (exact) mass is 348 g/mol. The summed E-state index contributed by atoms with van der Waals surface area (Å²) in [6.07, 6.45) is 1.73. The molecule has 2 aromatic carbocycles. The molecule has 0 radical (unpaired) electrons.